The molecule has 3 nitrogen and oxygen atoms in total. The van der Waals surface area contributed by atoms with E-state index in [0.29, 0.717) is 11.7 Å². The molecule has 0 bridgehead atoms. The molecule has 2 heterocycles. The molecule has 3 rings (SSSR count). The Morgan fingerprint density at radius 1 is 1.18 bits per heavy atom. The number of halogens is 1. The Bertz CT molecular complexity index is 647. The molecule has 0 aliphatic carbocycles. The Morgan fingerprint density at radius 3 is 2.88 bits per heavy atom. The summed E-state index contributed by atoms with van der Waals surface area (Å²) in [4.78, 5) is 4.38. The van der Waals surface area contributed by atoms with Crippen molar-refractivity contribution in [3.63, 3.8) is 0 Å². The van der Waals surface area contributed by atoms with Crippen LogP contribution in [0.2, 0.25) is 5.15 Å². The van der Waals surface area contributed by atoms with Crippen molar-refractivity contribution in [1.82, 2.24) is 14.8 Å². The van der Waals surface area contributed by atoms with E-state index in [1.54, 1.807) is 6.20 Å². The van der Waals surface area contributed by atoms with Crippen molar-refractivity contribution in [2.75, 3.05) is 0 Å². The number of nitrogens with zero attached hydrogens (tertiary/aromatic N) is 3. The maximum Gasteiger partial charge on any atom is 0.134 e. The van der Waals surface area contributed by atoms with Crippen molar-refractivity contribution in [2.24, 2.45) is 0 Å². The van der Waals surface area contributed by atoms with Crippen molar-refractivity contribution in [3.8, 4) is 0 Å². The van der Waals surface area contributed by atoms with Crippen molar-refractivity contribution in [3.05, 3.63) is 59.5 Å². The number of fused-ring (bicyclic) bond motifs is 1. The molecule has 0 aliphatic rings. The van der Waals surface area contributed by atoms with Gasteiger partial charge in [-0.15, -0.1) is 0 Å². The Kier molecular flexibility index (Phi) is 2.53. The van der Waals surface area contributed by atoms with Crippen LogP contribution in [0.25, 0.3) is 10.9 Å². The molecule has 0 atom stereocenters. The Hall–Kier alpha value is -1.87. The highest BCUT2D eigenvalue weighted by atomic mass is 35.5. The smallest absolute Gasteiger partial charge is 0.134 e. The minimum atomic E-state index is 0.541. The predicted octanol–water partition coefficient (Wildman–Crippen LogP) is 3.13. The van der Waals surface area contributed by atoms with E-state index in [0.717, 1.165) is 16.5 Å². The summed E-state index contributed by atoms with van der Waals surface area (Å²) < 4.78 is 1.83. The first kappa shape index (κ1) is 10.3. The molecule has 0 amide bonds. The number of hydrogen-bond donors (Lipinski definition) is 0. The molecule has 0 aliphatic heterocycles. The summed E-state index contributed by atoms with van der Waals surface area (Å²) in [5.74, 6) is 0. The molecule has 0 unspecified atom stereocenters. The Balaban J connectivity index is 2.07. The maximum absolute atomic E-state index is 6.17. The van der Waals surface area contributed by atoms with E-state index in [4.69, 9.17) is 11.6 Å². The average molecular weight is 244 g/mol. The zero-order valence-corrected chi connectivity index (χ0v) is 9.80. The summed E-state index contributed by atoms with van der Waals surface area (Å²) in [7, 11) is 0. The van der Waals surface area contributed by atoms with Crippen LogP contribution in [-0.4, -0.2) is 14.8 Å². The SMILES string of the molecule is Clc1nc2ccccc2cc1Cn1cccn1. The fourth-order valence-corrected chi connectivity index (χ4v) is 2.02. The molecule has 0 fully saturated rings. The summed E-state index contributed by atoms with van der Waals surface area (Å²) in [6.45, 7) is 0.643. The van der Waals surface area contributed by atoms with Crippen LogP contribution in [0, 0.1) is 0 Å². The van der Waals surface area contributed by atoms with Gasteiger partial charge in [-0.05, 0) is 18.2 Å². The summed E-state index contributed by atoms with van der Waals surface area (Å²) in [5.41, 5.74) is 1.90. The zero-order valence-electron chi connectivity index (χ0n) is 9.05. The number of pyridine rings is 1. The van der Waals surface area contributed by atoms with Crippen LogP contribution in [-0.2, 0) is 6.54 Å². The van der Waals surface area contributed by atoms with Gasteiger partial charge in [0, 0.05) is 23.3 Å². The molecule has 0 spiro atoms. The summed E-state index contributed by atoms with van der Waals surface area (Å²) in [6, 6.07) is 11.9. The van der Waals surface area contributed by atoms with Gasteiger partial charge in [-0.1, -0.05) is 29.8 Å². The second-order valence-electron chi connectivity index (χ2n) is 3.83. The van der Waals surface area contributed by atoms with Gasteiger partial charge < -0.3 is 0 Å². The van der Waals surface area contributed by atoms with E-state index in [1.165, 1.54) is 0 Å². The molecule has 0 saturated heterocycles. The van der Waals surface area contributed by atoms with Crippen LogP contribution < -0.4 is 0 Å². The van der Waals surface area contributed by atoms with E-state index in [1.807, 2.05) is 41.2 Å². The highest BCUT2D eigenvalue weighted by molar-refractivity contribution is 6.30. The summed E-state index contributed by atoms with van der Waals surface area (Å²) in [5, 5.41) is 5.80. The molecular formula is C13H10ClN3. The third-order valence-electron chi connectivity index (χ3n) is 2.64. The third-order valence-corrected chi connectivity index (χ3v) is 2.97. The zero-order chi connectivity index (χ0) is 11.7. The number of aromatic nitrogens is 3. The lowest BCUT2D eigenvalue weighted by molar-refractivity contribution is 0.686. The van der Waals surface area contributed by atoms with Crippen molar-refractivity contribution >= 4 is 22.5 Å². The third kappa shape index (κ3) is 2.01. The number of para-hydroxylation sites is 1. The van der Waals surface area contributed by atoms with Crippen LogP contribution in [0.5, 0.6) is 0 Å². The van der Waals surface area contributed by atoms with E-state index in [9.17, 15) is 0 Å². The van der Waals surface area contributed by atoms with Crippen LogP contribution >= 0.6 is 11.6 Å². The second-order valence-corrected chi connectivity index (χ2v) is 4.19. The van der Waals surface area contributed by atoms with Gasteiger partial charge in [0.2, 0.25) is 0 Å². The van der Waals surface area contributed by atoms with E-state index in [-0.39, 0.29) is 0 Å². The van der Waals surface area contributed by atoms with E-state index in [2.05, 4.69) is 16.1 Å². The molecule has 0 N–H and O–H groups in total. The minimum absolute atomic E-state index is 0.541. The second kappa shape index (κ2) is 4.18. The van der Waals surface area contributed by atoms with Crippen LogP contribution in [0.1, 0.15) is 5.56 Å². The number of rotatable bonds is 2. The van der Waals surface area contributed by atoms with Gasteiger partial charge in [-0.3, -0.25) is 4.68 Å². The fourth-order valence-electron chi connectivity index (χ4n) is 1.82. The lowest BCUT2D eigenvalue weighted by Crippen LogP contribution is -2.01. The predicted molar refractivity (Wildman–Crippen MR) is 68.1 cm³/mol. The van der Waals surface area contributed by atoms with Gasteiger partial charge in [-0.2, -0.15) is 5.10 Å². The van der Waals surface area contributed by atoms with Gasteiger partial charge in [0.1, 0.15) is 5.15 Å². The molecule has 4 heteroatoms. The van der Waals surface area contributed by atoms with Gasteiger partial charge >= 0.3 is 0 Å². The van der Waals surface area contributed by atoms with E-state index < -0.39 is 0 Å². The Labute approximate surface area is 104 Å². The van der Waals surface area contributed by atoms with Gasteiger partial charge in [-0.25, -0.2) is 4.98 Å². The summed E-state index contributed by atoms with van der Waals surface area (Å²) in [6.07, 6.45) is 3.66. The molecular weight excluding hydrogens is 234 g/mol. The van der Waals surface area contributed by atoms with Crippen LogP contribution in [0.4, 0.5) is 0 Å². The highest BCUT2D eigenvalue weighted by Crippen LogP contribution is 2.20. The molecule has 0 saturated carbocycles. The standard InChI is InChI=1S/C13H10ClN3/c14-13-11(9-17-7-3-6-15-17)8-10-4-1-2-5-12(10)16-13/h1-8H,9H2. The Morgan fingerprint density at radius 2 is 2.06 bits per heavy atom. The van der Waals surface area contributed by atoms with Gasteiger partial charge in [0.15, 0.2) is 0 Å². The molecule has 84 valence electrons. The maximum atomic E-state index is 6.17. The largest absolute Gasteiger partial charge is 0.268 e. The van der Waals surface area contributed by atoms with Gasteiger partial charge in [0.05, 0.1) is 12.1 Å². The normalized spacial score (nSPS) is 10.9. The first-order valence-electron chi connectivity index (χ1n) is 5.34. The molecule has 3 aromatic rings. The van der Waals surface area contributed by atoms with Crippen molar-refractivity contribution in [2.45, 2.75) is 6.54 Å². The lowest BCUT2D eigenvalue weighted by atomic mass is 10.1. The average Bonchev–Trinajstić information content (AvgIpc) is 2.83. The highest BCUT2D eigenvalue weighted by Gasteiger charge is 2.05. The first-order chi connectivity index (χ1) is 8.33. The molecule has 17 heavy (non-hydrogen) atoms. The van der Waals surface area contributed by atoms with E-state index >= 15 is 0 Å². The van der Waals surface area contributed by atoms with Crippen molar-refractivity contribution < 1.29 is 0 Å². The van der Waals surface area contributed by atoms with Gasteiger partial charge in [0.25, 0.3) is 0 Å². The summed E-state index contributed by atoms with van der Waals surface area (Å²) >= 11 is 6.17. The first-order valence-corrected chi connectivity index (χ1v) is 5.72. The van der Waals surface area contributed by atoms with Crippen LogP contribution in [0.15, 0.2) is 48.8 Å². The molecule has 1 aromatic carbocycles. The molecule has 2 aromatic heterocycles. The topological polar surface area (TPSA) is 30.7 Å². The molecule has 0 radical (unpaired) electrons. The number of benzene rings is 1. The fraction of sp³-hybridized carbons (Fsp3) is 0.0769. The van der Waals surface area contributed by atoms with Crippen molar-refractivity contribution in [1.29, 1.82) is 0 Å². The monoisotopic (exact) mass is 243 g/mol. The quantitative estimate of drug-likeness (QED) is 0.648. The minimum Gasteiger partial charge on any atom is -0.268 e. The lowest BCUT2D eigenvalue weighted by Gasteiger charge is -2.06. The number of hydrogen-bond acceptors (Lipinski definition) is 2. The van der Waals surface area contributed by atoms with Crippen LogP contribution in [0.3, 0.4) is 0 Å².